The Morgan fingerprint density at radius 1 is 1.00 bits per heavy atom. The normalized spacial score (nSPS) is 14.8. The minimum absolute atomic E-state index is 0.184. The maximum absolute atomic E-state index is 14.0. The lowest BCUT2D eigenvalue weighted by Crippen LogP contribution is -2.40. The predicted octanol–water partition coefficient (Wildman–Crippen LogP) is 5.97. The zero-order chi connectivity index (χ0) is 29.2. The van der Waals surface area contributed by atoms with Gasteiger partial charge in [-0.15, -0.1) is 0 Å². The van der Waals surface area contributed by atoms with Crippen molar-refractivity contribution in [2.24, 2.45) is 4.99 Å². The summed E-state index contributed by atoms with van der Waals surface area (Å²) in [6, 6.07) is 27.5. The molecule has 6 rings (SSSR count). The zero-order valence-corrected chi connectivity index (χ0v) is 25.1. The van der Waals surface area contributed by atoms with Crippen LogP contribution in [0.1, 0.15) is 29.9 Å². The molecule has 0 saturated carbocycles. The molecule has 0 radical (unpaired) electrons. The van der Waals surface area contributed by atoms with Gasteiger partial charge in [-0.25, -0.2) is 9.79 Å². The van der Waals surface area contributed by atoms with Gasteiger partial charge in [0.25, 0.3) is 5.56 Å². The van der Waals surface area contributed by atoms with Gasteiger partial charge in [0.2, 0.25) is 0 Å². The second-order valence-corrected chi connectivity index (χ2v) is 11.3. The van der Waals surface area contributed by atoms with E-state index in [0.29, 0.717) is 37.9 Å². The van der Waals surface area contributed by atoms with Crippen molar-refractivity contribution in [3.63, 3.8) is 0 Å². The number of hydrogen-bond acceptors (Lipinski definition) is 7. The van der Waals surface area contributed by atoms with Crippen LogP contribution in [0.3, 0.4) is 0 Å². The Morgan fingerprint density at radius 2 is 1.74 bits per heavy atom. The molecule has 3 aromatic carbocycles. The molecule has 42 heavy (non-hydrogen) atoms. The lowest BCUT2D eigenvalue weighted by atomic mass is 9.93. The third kappa shape index (κ3) is 5.29. The number of methoxy groups -OCH3 is 1. The topological polar surface area (TPSA) is 83.0 Å². The minimum Gasteiger partial charge on any atom is -0.497 e. The number of benzene rings is 3. The average Bonchev–Trinajstić information content (AvgIpc) is 3.61. The summed E-state index contributed by atoms with van der Waals surface area (Å²) in [4.78, 5) is 33.0. The number of ether oxygens (including phenoxy) is 2. The highest BCUT2D eigenvalue weighted by atomic mass is 79.9. The summed E-state index contributed by atoms with van der Waals surface area (Å²) in [5.74, 6) is 1.36. The van der Waals surface area contributed by atoms with Crippen molar-refractivity contribution in [1.29, 1.82) is 0 Å². The first-order chi connectivity index (χ1) is 20.5. The van der Waals surface area contributed by atoms with Crippen LogP contribution in [-0.4, -0.2) is 24.3 Å². The molecule has 0 bridgehead atoms. The van der Waals surface area contributed by atoms with Crippen LogP contribution in [0.25, 0.3) is 23.1 Å². The Kier molecular flexibility index (Phi) is 7.78. The molecule has 9 heteroatoms. The molecule has 0 fully saturated rings. The smallest absolute Gasteiger partial charge is 0.338 e. The highest BCUT2D eigenvalue weighted by molar-refractivity contribution is 9.10. The molecule has 1 atom stereocenters. The first-order valence-corrected chi connectivity index (χ1v) is 14.9. The fraction of sp³-hybridized carbons (Fsp3) is 0.121. The fourth-order valence-corrected chi connectivity index (χ4v) is 6.12. The third-order valence-corrected chi connectivity index (χ3v) is 8.35. The van der Waals surface area contributed by atoms with Crippen molar-refractivity contribution in [1.82, 2.24) is 4.57 Å². The summed E-state index contributed by atoms with van der Waals surface area (Å²) in [5.41, 5.74) is 2.88. The Labute approximate surface area is 253 Å². The lowest BCUT2D eigenvalue weighted by molar-refractivity contribution is -0.138. The molecule has 3 heterocycles. The van der Waals surface area contributed by atoms with Crippen LogP contribution in [0, 0.1) is 0 Å². The summed E-state index contributed by atoms with van der Waals surface area (Å²) in [5, 5.41) is 0. The van der Waals surface area contributed by atoms with Gasteiger partial charge in [0.1, 0.15) is 17.3 Å². The number of halogens is 1. The van der Waals surface area contributed by atoms with Crippen LogP contribution >= 0.6 is 27.3 Å². The first kappa shape index (κ1) is 27.7. The predicted molar refractivity (Wildman–Crippen MR) is 166 cm³/mol. The van der Waals surface area contributed by atoms with Gasteiger partial charge in [-0.3, -0.25) is 9.36 Å². The van der Waals surface area contributed by atoms with E-state index in [9.17, 15) is 9.59 Å². The van der Waals surface area contributed by atoms with Gasteiger partial charge < -0.3 is 13.9 Å². The maximum atomic E-state index is 14.0. The number of esters is 1. The Morgan fingerprint density at radius 3 is 2.43 bits per heavy atom. The number of aromatic nitrogens is 1. The molecule has 0 N–H and O–H groups in total. The highest BCUT2D eigenvalue weighted by Gasteiger charge is 2.35. The molecule has 0 saturated heterocycles. The van der Waals surface area contributed by atoms with Crippen molar-refractivity contribution in [2.75, 3.05) is 13.7 Å². The van der Waals surface area contributed by atoms with Gasteiger partial charge in [0.15, 0.2) is 4.80 Å². The number of furan rings is 1. The summed E-state index contributed by atoms with van der Waals surface area (Å²) >= 11 is 4.70. The molecule has 5 aromatic rings. The zero-order valence-electron chi connectivity index (χ0n) is 22.7. The van der Waals surface area contributed by atoms with Crippen LogP contribution < -0.4 is 19.6 Å². The quantitative estimate of drug-likeness (QED) is 0.205. The number of carbonyl (C=O) groups excluding carboxylic acids is 1. The molecule has 0 unspecified atom stereocenters. The van der Waals surface area contributed by atoms with Gasteiger partial charge >= 0.3 is 5.97 Å². The van der Waals surface area contributed by atoms with E-state index in [1.165, 1.54) is 11.3 Å². The van der Waals surface area contributed by atoms with Gasteiger partial charge in [0, 0.05) is 21.7 Å². The van der Waals surface area contributed by atoms with Crippen LogP contribution in [0.15, 0.2) is 115 Å². The van der Waals surface area contributed by atoms with Gasteiger partial charge in [0.05, 0.1) is 35.6 Å². The molecular formula is C33H25BrN2O5S. The monoisotopic (exact) mass is 640 g/mol. The largest absolute Gasteiger partial charge is 0.497 e. The van der Waals surface area contributed by atoms with Crippen molar-refractivity contribution in [2.45, 2.75) is 13.0 Å². The van der Waals surface area contributed by atoms with Crippen molar-refractivity contribution in [3.8, 4) is 17.1 Å². The minimum atomic E-state index is -0.765. The van der Waals surface area contributed by atoms with Crippen molar-refractivity contribution >= 4 is 45.0 Å². The SMILES string of the molecule is CCOC(=O)C1=C(c2ccccc2)N=c2s/c(=C\c3ccc(-c4ccc(Br)cc4)o3)c(=O)n2[C@@H]1c1ccc(OC)cc1. The van der Waals surface area contributed by atoms with E-state index in [2.05, 4.69) is 15.9 Å². The summed E-state index contributed by atoms with van der Waals surface area (Å²) in [7, 11) is 1.59. The van der Waals surface area contributed by atoms with E-state index in [0.717, 1.165) is 21.2 Å². The number of carbonyl (C=O) groups is 1. The van der Waals surface area contributed by atoms with Gasteiger partial charge in [-0.1, -0.05) is 81.9 Å². The Hall–Kier alpha value is -4.47. The number of thiazole rings is 1. The van der Waals surface area contributed by atoms with Crippen molar-refractivity contribution in [3.05, 3.63) is 138 Å². The molecule has 0 amide bonds. The third-order valence-electron chi connectivity index (χ3n) is 6.83. The highest BCUT2D eigenvalue weighted by Crippen LogP contribution is 2.35. The lowest BCUT2D eigenvalue weighted by Gasteiger charge is -2.26. The molecule has 1 aliphatic rings. The van der Waals surface area contributed by atoms with E-state index in [4.69, 9.17) is 18.9 Å². The standard InChI is InChI=1S/C33H25BrN2O5S/c1-3-40-32(38)28-29(21-7-5-4-6-8-21)35-33-36(30(28)22-11-15-24(39-2)16-12-22)31(37)27(42-33)19-25-17-18-26(41-25)20-9-13-23(34)14-10-20/h4-19,30H,3H2,1-2H3/b27-19-/t30-/m1/s1. The molecule has 1 aliphatic heterocycles. The number of fused-ring (bicyclic) bond motifs is 1. The molecule has 7 nitrogen and oxygen atoms in total. The maximum Gasteiger partial charge on any atom is 0.338 e. The molecule has 2 aromatic heterocycles. The Balaban J connectivity index is 1.55. The van der Waals surface area contributed by atoms with E-state index in [1.807, 2.05) is 91.0 Å². The van der Waals surface area contributed by atoms with E-state index in [-0.39, 0.29) is 12.2 Å². The average molecular weight is 642 g/mol. The number of hydrogen-bond donors (Lipinski definition) is 0. The van der Waals surface area contributed by atoms with E-state index in [1.54, 1.807) is 24.7 Å². The van der Waals surface area contributed by atoms with Crippen LogP contribution in [0.5, 0.6) is 5.75 Å². The van der Waals surface area contributed by atoms with Crippen LogP contribution in [0.2, 0.25) is 0 Å². The van der Waals surface area contributed by atoms with Gasteiger partial charge in [-0.2, -0.15) is 0 Å². The molecule has 0 spiro atoms. The van der Waals surface area contributed by atoms with Gasteiger partial charge in [-0.05, 0) is 48.9 Å². The number of nitrogens with zero attached hydrogens (tertiary/aromatic N) is 2. The van der Waals surface area contributed by atoms with Crippen LogP contribution in [0.4, 0.5) is 0 Å². The van der Waals surface area contributed by atoms with E-state index >= 15 is 0 Å². The Bertz CT molecular complexity index is 1970. The first-order valence-electron chi connectivity index (χ1n) is 13.2. The fourth-order valence-electron chi connectivity index (χ4n) is 4.87. The van der Waals surface area contributed by atoms with Crippen LogP contribution in [-0.2, 0) is 9.53 Å². The van der Waals surface area contributed by atoms with Crippen molar-refractivity contribution < 1.29 is 18.7 Å². The second-order valence-electron chi connectivity index (χ2n) is 9.41. The summed E-state index contributed by atoms with van der Waals surface area (Å²) in [6.07, 6.45) is 1.72. The number of rotatable bonds is 7. The summed E-state index contributed by atoms with van der Waals surface area (Å²) in [6.45, 7) is 1.94. The molecule has 0 aliphatic carbocycles. The van der Waals surface area contributed by atoms with E-state index < -0.39 is 12.0 Å². The summed E-state index contributed by atoms with van der Waals surface area (Å²) < 4.78 is 19.9. The second kappa shape index (κ2) is 11.8. The molecular weight excluding hydrogens is 616 g/mol. The molecule has 210 valence electrons.